The van der Waals surface area contributed by atoms with Crippen molar-refractivity contribution in [1.82, 2.24) is 4.90 Å². The van der Waals surface area contributed by atoms with Crippen LogP contribution in [0.5, 0.6) is 0 Å². The molecule has 0 spiro atoms. The number of nitrogens with zero attached hydrogens (tertiary/aromatic N) is 1. The van der Waals surface area contributed by atoms with Crippen LogP contribution in [0.1, 0.15) is 27.2 Å². The number of rotatable bonds is 9. The lowest BCUT2D eigenvalue weighted by atomic mass is 9.88. The first-order valence-corrected chi connectivity index (χ1v) is 7.54. The van der Waals surface area contributed by atoms with Gasteiger partial charge >= 0.3 is 18.0 Å². The van der Waals surface area contributed by atoms with Gasteiger partial charge in [-0.25, -0.2) is 14.4 Å². The van der Waals surface area contributed by atoms with Crippen LogP contribution < -0.4 is 0 Å². The minimum absolute atomic E-state index is 0.0620. The van der Waals surface area contributed by atoms with E-state index in [0.717, 1.165) is 0 Å². The van der Waals surface area contributed by atoms with Gasteiger partial charge in [0.2, 0.25) is 0 Å². The Balaban J connectivity index is 5.07. The van der Waals surface area contributed by atoms with Crippen molar-refractivity contribution in [3.8, 4) is 0 Å². The molecular weight excluding hydrogens is 314 g/mol. The van der Waals surface area contributed by atoms with E-state index in [1.54, 1.807) is 14.1 Å². The Bertz CT molecular complexity index is 479. The molecule has 0 radical (unpaired) electrons. The number of ether oxygens (including phenoxy) is 3. The highest BCUT2D eigenvalue weighted by atomic mass is 16.6. The van der Waals surface area contributed by atoms with Crippen molar-refractivity contribution in [1.29, 1.82) is 0 Å². The van der Waals surface area contributed by atoms with E-state index in [-0.39, 0.29) is 31.0 Å². The van der Waals surface area contributed by atoms with Gasteiger partial charge in [-0.3, -0.25) is 0 Å². The molecule has 0 N–H and O–H groups in total. The molecule has 0 aliphatic carbocycles. The van der Waals surface area contributed by atoms with Gasteiger partial charge in [-0.2, -0.15) is 0 Å². The van der Waals surface area contributed by atoms with Crippen LogP contribution in [0.15, 0.2) is 24.3 Å². The van der Waals surface area contributed by atoms with E-state index >= 15 is 0 Å². The highest BCUT2D eigenvalue weighted by Crippen LogP contribution is 2.25. The quantitative estimate of drug-likeness (QED) is 0.364. The average Bonchev–Trinajstić information content (AvgIpc) is 2.53. The van der Waals surface area contributed by atoms with E-state index in [1.807, 2.05) is 6.92 Å². The van der Waals surface area contributed by atoms with Crippen molar-refractivity contribution in [3.05, 3.63) is 24.3 Å². The van der Waals surface area contributed by atoms with Gasteiger partial charge in [-0.15, -0.1) is 0 Å². The summed E-state index contributed by atoms with van der Waals surface area (Å²) >= 11 is 0. The third kappa shape index (κ3) is 7.30. The number of esters is 2. The van der Waals surface area contributed by atoms with Crippen LogP contribution >= 0.6 is 0 Å². The van der Waals surface area contributed by atoms with Crippen molar-refractivity contribution in [2.45, 2.75) is 27.2 Å². The van der Waals surface area contributed by atoms with Crippen LogP contribution in [-0.4, -0.2) is 56.8 Å². The number of carbonyl (C=O) groups is 3. The molecule has 24 heavy (non-hydrogen) atoms. The molecule has 0 fully saturated rings. The molecule has 136 valence electrons. The zero-order valence-corrected chi connectivity index (χ0v) is 15.1. The maximum absolute atomic E-state index is 11.7. The first-order chi connectivity index (χ1) is 11.0. The lowest BCUT2D eigenvalue weighted by Crippen LogP contribution is -2.40. The van der Waals surface area contributed by atoms with E-state index in [2.05, 4.69) is 13.2 Å². The summed E-state index contributed by atoms with van der Waals surface area (Å²) in [5.41, 5.74) is -0.338. The Hall–Kier alpha value is -2.31. The monoisotopic (exact) mass is 341 g/mol. The first kappa shape index (κ1) is 21.7. The van der Waals surface area contributed by atoms with E-state index in [1.165, 1.54) is 18.7 Å². The number of hydrogen-bond acceptors (Lipinski definition) is 6. The molecule has 0 unspecified atom stereocenters. The minimum atomic E-state index is -0.845. The molecule has 0 aromatic heterocycles. The minimum Gasteiger partial charge on any atom is -0.461 e. The van der Waals surface area contributed by atoms with Crippen molar-refractivity contribution in [2.24, 2.45) is 5.41 Å². The predicted octanol–water partition coefficient (Wildman–Crippen LogP) is 2.32. The Morgan fingerprint density at radius 1 is 0.875 bits per heavy atom. The summed E-state index contributed by atoms with van der Waals surface area (Å²) in [6.45, 7) is 11.7. The van der Waals surface area contributed by atoms with E-state index < -0.39 is 23.4 Å². The zero-order valence-electron chi connectivity index (χ0n) is 15.1. The van der Waals surface area contributed by atoms with Crippen molar-refractivity contribution >= 4 is 18.0 Å². The van der Waals surface area contributed by atoms with Crippen LogP contribution in [-0.2, 0) is 23.8 Å². The fraction of sp³-hybridized carbons (Fsp3) is 0.588. The molecule has 0 aliphatic heterocycles. The van der Waals surface area contributed by atoms with Crippen LogP contribution in [0, 0.1) is 5.41 Å². The zero-order chi connectivity index (χ0) is 18.9. The standard InChI is InChI=1S/C17H27NO6/c1-8-17(9-22-14(19)12(2)3,10-23-15(20)13(4)5)11-24-16(21)18(6)7/h2,4,8-11H2,1,3,5-7H3. The second-order valence-corrected chi connectivity index (χ2v) is 6.02. The molecule has 7 nitrogen and oxygen atoms in total. The molecular formula is C17H27NO6. The lowest BCUT2D eigenvalue weighted by Gasteiger charge is -2.31. The third-order valence-electron chi connectivity index (χ3n) is 3.33. The molecule has 1 amide bonds. The average molecular weight is 341 g/mol. The SMILES string of the molecule is C=C(C)C(=O)OCC(CC)(COC(=O)C(=C)C)COC(=O)N(C)C. The summed E-state index contributed by atoms with van der Waals surface area (Å²) < 4.78 is 15.6. The number of carbonyl (C=O) groups excluding carboxylic acids is 3. The summed E-state index contributed by atoms with van der Waals surface area (Å²) in [7, 11) is 3.11. The molecule has 0 saturated heterocycles. The Morgan fingerprint density at radius 3 is 1.54 bits per heavy atom. The van der Waals surface area contributed by atoms with Gasteiger partial charge in [0, 0.05) is 25.2 Å². The Morgan fingerprint density at radius 2 is 1.25 bits per heavy atom. The molecule has 0 rings (SSSR count). The highest BCUT2D eigenvalue weighted by Gasteiger charge is 2.34. The Kier molecular flexibility index (Phi) is 8.81. The molecule has 0 saturated carbocycles. The van der Waals surface area contributed by atoms with E-state index in [4.69, 9.17) is 14.2 Å². The fourth-order valence-corrected chi connectivity index (χ4v) is 1.46. The molecule has 0 heterocycles. The van der Waals surface area contributed by atoms with Crippen molar-refractivity contribution < 1.29 is 28.6 Å². The molecule has 0 atom stereocenters. The van der Waals surface area contributed by atoms with Crippen LogP contribution in [0.3, 0.4) is 0 Å². The number of amides is 1. The third-order valence-corrected chi connectivity index (χ3v) is 3.33. The van der Waals surface area contributed by atoms with Gasteiger partial charge < -0.3 is 19.1 Å². The van der Waals surface area contributed by atoms with Gasteiger partial charge in [0.05, 0.1) is 5.41 Å². The van der Waals surface area contributed by atoms with E-state index in [9.17, 15) is 14.4 Å². The summed E-state index contributed by atoms with van der Waals surface area (Å²) in [6.07, 6.45) is -0.0778. The smallest absolute Gasteiger partial charge is 0.409 e. The maximum atomic E-state index is 11.7. The Labute approximate surface area is 143 Å². The molecule has 7 heteroatoms. The van der Waals surface area contributed by atoms with E-state index in [0.29, 0.717) is 6.42 Å². The van der Waals surface area contributed by atoms with Gasteiger partial charge in [-0.05, 0) is 20.3 Å². The van der Waals surface area contributed by atoms with Gasteiger partial charge in [0.1, 0.15) is 19.8 Å². The van der Waals surface area contributed by atoms with Gasteiger partial charge in [0.25, 0.3) is 0 Å². The predicted molar refractivity (Wildman–Crippen MR) is 89.3 cm³/mol. The number of hydrogen-bond donors (Lipinski definition) is 0. The molecule has 0 bridgehead atoms. The normalized spacial score (nSPS) is 10.5. The summed E-state index contributed by atoms with van der Waals surface area (Å²) in [5, 5.41) is 0. The lowest BCUT2D eigenvalue weighted by molar-refractivity contribution is -0.151. The summed E-state index contributed by atoms with van der Waals surface area (Å²) in [6, 6.07) is 0. The van der Waals surface area contributed by atoms with Crippen molar-refractivity contribution in [2.75, 3.05) is 33.9 Å². The van der Waals surface area contributed by atoms with Crippen LogP contribution in [0.25, 0.3) is 0 Å². The summed E-state index contributed by atoms with van der Waals surface area (Å²) in [5.74, 6) is -1.11. The van der Waals surface area contributed by atoms with Crippen LogP contribution in [0.4, 0.5) is 4.79 Å². The molecule has 0 aliphatic rings. The van der Waals surface area contributed by atoms with Crippen LogP contribution in [0.2, 0.25) is 0 Å². The van der Waals surface area contributed by atoms with Crippen molar-refractivity contribution in [3.63, 3.8) is 0 Å². The van der Waals surface area contributed by atoms with Gasteiger partial charge in [0.15, 0.2) is 0 Å². The van der Waals surface area contributed by atoms with Gasteiger partial charge in [-0.1, -0.05) is 20.1 Å². The largest absolute Gasteiger partial charge is 0.461 e. The maximum Gasteiger partial charge on any atom is 0.409 e. The molecule has 0 aromatic rings. The summed E-state index contributed by atoms with van der Waals surface area (Å²) in [4.78, 5) is 36.2. The first-order valence-electron chi connectivity index (χ1n) is 7.54. The fourth-order valence-electron chi connectivity index (χ4n) is 1.46. The topological polar surface area (TPSA) is 82.1 Å². The highest BCUT2D eigenvalue weighted by molar-refractivity contribution is 5.87. The second-order valence-electron chi connectivity index (χ2n) is 6.02. The second kappa shape index (κ2) is 9.75. The molecule has 0 aromatic carbocycles.